The number of hydrogen-bond donors (Lipinski definition) is 1. The van der Waals surface area contributed by atoms with Crippen molar-refractivity contribution >= 4 is 23.1 Å². The Labute approximate surface area is 171 Å². The van der Waals surface area contributed by atoms with Crippen LogP contribution in [0.25, 0.3) is 0 Å². The van der Waals surface area contributed by atoms with Crippen LogP contribution in [-0.2, 0) is 0 Å². The fraction of sp³-hybridized carbons (Fsp3) is 0.478. The smallest absolute Gasteiger partial charge is 0.123 e. The highest BCUT2D eigenvalue weighted by molar-refractivity contribution is 7.99. The summed E-state index contributed by atoms with van der Waals surface area (Å²) in [6.45, 7) is 5.66. The zero-order valence-electron chi connectivity index (χ0n) is 16.2. The molecule has 1 saturated heterocycles. The van der Waals surface area contributed by atoms with Crippen LogP contribution in [-0.4, -0.2) is 49.4 Å². The van der Waals surface area contributed by atoms with E-state index in [9.17, 15) is 4.39 Å². The lowest BCUT2D eigenvalue weighted by Crippen LogP contribution is -2.46. The summed E-state index contributed by atoms with van der Waals surface area (Å²) in [7, 11) is 0. The molecule has 3 heterocycles. The molecule has 0 aromatic heterocycles. The van der Waals surface area contributed by atoms with Crippen LogP contribution in [0.2, 0.25) is 0 Å². The minimum absolute atomic E-state index is 0.180. The lowest BCUT2D eigenvalue weighted by atomic mass is 9.89. The van der Waals surface area contributed by atoms with E-state index in [4.69, 9.17) is 0 Å². The summed E-state index contributed by atoms with van der Waals surface area (Å²) in [6.07, 6.45) is 3.68. The Morgan fingerprint density at radius 1 is 1.11 bits per heavy atom. The molecule has 0 radical (unpaired) electrons. The van der Waals surface area contributed by atoms with Crippen molar-refractivity contribution in [2.75, 3.05) is 48.7 Å². The molecule has 2 aromatic rings. The van der Waals surface area contributed by atoms with Crippen LogP contribution in [0.4, 0.5) is 15.8 Å². The van der Waals surface area contributed by atoms with E-state index in [-0.39, 0.29) is 5.82 Å². The fourth-order valence-corrected chi connectivity index (χ4v) is 6.15. The van der Waals surface area contributed by atoms with E-state index in [1.165, 1.54) is 55.3 Å². The van der Waals surface area contributed by atoms with E-state index in [1.54, 1.807) is 11.3 Å². The number of nitrogens with zero attached hydrogens (tertiary/aromatic N) is 2. The first-order chi connectivity index (χ1) is 13.8. The maximum atomic E-state index is 13.0. The molecule has 5 rings (SSSR count). The molecule has 2 aromatic carbocycles. The average Bonchev–Trinajstić information content (AvgIpc) is 2.88. The van der Waals surface area contributed by atoms with Crippen molar-refractivity contribution in [1.82, 2.24) is 4.90 Å². The zero-order chi connectivity index (χ0) is 18.9. The summed E-state index contributed by atoms with van der Waals surface area (Å²) in [4.78, 5) is 6.88. The third kappa shape index (κ3) is 3.50. The van der Waals surface area contributed by atoms with Crippen molar-refractivity contribution in [2.45, 2.75) is 36.1 Å². The van der Waals surface area contributed by atoms with Gasteiger partial charge in [-0.25, -0.2) is 4.39 Å². The first-order valence-corrected chi connectivity index (χ1v) is 11.5. The normalized spacial score (nSPS) is 23.8. The average molecular weight is 398 g/mol. The van der Waals surface area contributed by atoms with E-state index in [0.717, 1.165) is 25.2 Å². The summed E-state index contributed by atoms with van der Waals surface area (Å²) >= 11 is 2.04. The van der Waals surface area contributed by atoms with Crippen LogP contribution in [0.3, 0.4) is 0 Å². The Hall–Kier alpha value is -1.72. The molecule has 0 saturated carbocycles. The predicted octanol–water partition coefficient (Wildman–Crippen LogP) is 4.80. The third-order valence-corrected chi connectivity index (χ3v) is 7.54. The van der Waals surface area contributed by atoms with Gasteiger partial charge in [0, 0.05) is 48.7 Å². The van der Waals surface area contributed by atoms with Crippen molar-refractivity contribution in [3.8, 4) is 0 Å². The van der Waals surface area contributed by atoms with Gasteiger partial charge in [0.1, 0.15) is 5.82 Å². The Bertz CT molecular complexity index is 825. The van der Waals surface area contributed by atoms with Crippen molar-refractivity contribution in [3.05, 3.63) is 53.8 Å². The lowest BCUT2D eigenvalue weighted by molar-refractivity contribution is 0.193. The van der Waals surface area contributed by atoms with E-state index < -0.39 is 0 Å². The zero-order valence-corrected chi connectivity index (χ0v) is 17.1. The molecule has 2 atom stereocenters. The van der Waals surface area contributed by atoms with E-state index in [2.05, 4.69) is 33.3 Å². The van der Waals surface area contributed by atoms with Gasteiger partial charge in [-0.1, -0.05) is 12.1 Å². The summed E-state index contributed by atoms with van der Waals surface area (Å²) in [5.41, 5.74) is 4.14. The highest BCUT2D eigenvalue weighted by Crippen LogP contribution is 2.50. The fourth-order valence-electron chi connectivity index (χ4n) is 5.11. The number of para-hydroxylation sites is 1. The molecule has 3 aliphatic rings. The van der Waals surface area contributed by atoms with Crippen LogP contribution in [0.15, 0.2) is 47.4 Å². The van der Waals surface area contributed by atoms with Gasteiger partial charge >= 0.3 is 0 Å². The van der Waals surface area contributed by atoms with Gasteiger partial charge in [0.05, 0.1) is 5.69 Å². The number of piperidine rings is 1. The Morgan fingerprint density at radius 2 is 2.00 bits per heavy atom. The van der Waals surface area contributed by atoms with Crippen LogP contribution >= 0.6 is 11.8 Å². The summed E-state index contributed by atoms with van der Waals surface area (Å²) in [6, 6.07) is 14.3. The molecule has 148 valence electrons. The molecule has 3 aliphatic heterocycles. The molecule has 0 unspecified atom stereocenters. The minimum Gasteiger partial charge on any atom is -0.385 e. The molecular weight excluding hydrogens is 369 g/mol. The van der Waals surface area contributed by atoms with Gasteiger partial charge in [-0.2, -0.15) is 0 Å². The monoisotopic (exact) mass is 397 g/mol. The Balaban J connectivity index is 1.20. The SMILES string of the molecule is Fc1ccc(NCCCN2CC[C@H]3[C@@H](C2)c2cccc4c2N3CCCS4)cc1. The van der Waals surface area contributed by atoms with Gasteiger partial charge in [-0.05, 0) is 67.5 Å². The molecule has 1 fully saturated rings. The maximum absolute atomic E-state index is 13.0. The minimum atomic E-state index is -0.180. The van der Waals surface area contributed by atoms with Crippen LogP contribution in [0.5, 0.6) is 0 Å². The van der Waals surface area contributed by atoms with Gasteiger partial charge in [0.15, 0.2) is 0 Å². The van der Waals surface area contributed by atoms with Gasteiger partial charge in [-0.15, -0.1) is 11.8 Å². The lowest BCUT2D eigenvalue weighted by Gasteiger charge is -2.39. The summed E-state index contributed by atoms with van der Waals surface area (Å²) < 4.78 is 13.0. The molecule has 1 N–H and O–H groups in total. The molecule has 0 bridgehead atoms. The largest absolute Gasteiger partial charge is 0.385 e. The second-order valence-corrected chi connectivity index (χ2v) is 9.28. The number of halogens is 1. The van der Waals surface area contributed by atoms with E-state index in [1.807, 2.05) is 23.9 Å². The van der Waals surface area contributed by atoms with Gasteiger partial charge in [-0.3, -0.25) is 0 Å². The van der Waals surface area contributed by atoms with Crippen molar-refractivity contribution < 1.29 is 4.39 Å². The van der Waals surface area contributed by atoms with E-state index >= 15 is 0 Å². The van der Waals surface area contributed by atoms with Crippen molar-refractivity contribution in [2.24, 2.45) is 0 Å². The number of hydrogen-bond acceptors (Lipinski definition) is 4. The van der Waals surface area contributed by atoms with Gasteiger partial charge in [0.2, 0.25) is 0 Å². The molecule has 3 nitrogen and oxygen atoms in total. The maximum Gasteiger partial charge on any atom is 0.123 e. The molecule has 0 spiro atoms. The molecule has 5 heteroatoms. The predicted molar refractivity (Wildman–Crippen MR) is 116 cm³/mol. The number of nitrogens with one attached hydrogen (secondary N) is 1. The van der Waals surface area contributed by atoms with Crippen LogP contribution in [0.1, 0.15) is 30.7 Å². The number of likely N-dealkylation sites (tertiary alicyclic amines) is 1. The Kier molecular flexibility index (Phi) is 5.20. The number of anilines is 2. The van der Waals surface area contributed by atoms with E-state index in [0.29, 0.717) is 12.0 Å². The number of benzene rings is 2. The molecule has 28 heavy (non-hydrogen) atoms. The number of thioether (sulfide) groups is 1. The highest BCUT2D eigenvalue weighted by atomic mass is 32.2. The molecule has 0 amide bonds. The number of rotatable bonds is 5. The van der Waals surface area contributed by atoms with Gasteiger partial charge in [0.25, 0.3) is 0 Å². The topological polar surface area (TPSA) is 18.5 Å². The van der Waals surface area contributed by atoms with Crippen molar-refractivity contribution in [1.29, 1.82) is 0 Å². The first-order valence-electron chi connectivity index (χ1n) is 10.5. The summed E-state index contributed by atoms with van der Waals surface area (Å²) in [5, 5.41) is 3.41. The first kappa shape index (κ1) is 18.3. The summed E-state index contributed by atoms with van der Waals surface area (Å²) in [5.74, 6) is 1.73. The standard InChI is InChI=1S/C23H28FN3S/c24-17-6-8-18(9-7-17)25-11-2-12-26-14-10-21-20(16-26)19-4-1-5-22-23(19)27(21)13-3-15-28-22/h1,4-9,20-21,25H,2-3,10-16H2/t20-,21-/m0/s1. The van der Waals surface area contributed by atoms with Crippen LogP contribution in [0, 0.1) is 5.82 Å². The third-order valence-electron chi connectivity index (χ3n) is 6.40. The van der Waals surface area contributed by atoms with Crippen molar-refractivity contribution in [3.63, 3.8) is 0 Å². The second kappa shape index (κ2) is 7.96. The molecule has 0 aliphatic carbocycles. The highest BCUT2D eigenvalue weighted by Gasteiger charge is 2.43. The second-order valence-electron chi connectivity index (χ2n) is 8.14. The quantitative estimate of drug-likeness (QED) is 0.730. The van der Waals surface area contributed by atoms with Gasteiger partial charge < -0.3 is 15.1 Å². The number of fused-ring (bicyclic) bond motifs is 3. The molecular formula is C23H28FN3S. The Morgan fingerprint density at radius 3 is 2.89 bits per heavy atom. The van der Waals surface area contributed by atoms with Crippen LogP contribution < -0.4 is 10.2 Å².